The van der Waals surface area contributed by atoms with Gasteiger partial charge in [-0.2, -0.15) is 0 Å². The lowest BCUT2D eigenvalue weighted by molar-refractivity contribution is -0.122. The molecule has 0 fully saturated rings. The molecule has 2 aromatic rings. The number of anilines is 1. The van der Waals surface area contributed by atoms with E-state index in [4.69, 9.17) is 16.3 Å². The molecule has 0 spiro atoms. The van der Waals surface area contributed by atoms with Gasteiger partial charge in [0.2, 0.25) is 0 Å². The van der Waals surface area contributed by atoms with E-state index in [9.17, 15) is 17.6 Å². The lowest BCUT2D eigenvalue weighted by Gasteiger charge is -2.11. The van der Waals surface area contributed by atoms with Crippen LogP contribution in [0.15, 0.2) is 47.4 Å². The number of hydrogen-bond donors (Lipinski definition) is 2. The van der Waals surface area contributed by atoms with E-state index in [1.165, 1.54) is 37.4 Å². The van der Waals surface area contributed by atoms with Gasteiger partial charge in [-0.15, -0.1) is 0 Å². The lowest BCUT2D eigenvalue weighted by atomic mass is 10.3. The Morgan fingerprint density at radius 2 is 1.88 bits per heavy atom. The molecule has 0 atom stereocenters. The van der Waals surface area contributed by atoms with E-state index in [0.717, 1.165) is 12.1 Å². The number of ether oxygens (including phenoxy) is 1. The third-order valence-corrected chi connectivity index (χ3v) is 4.62. The Kier molecular flexibility index (Phi) is 5.63. The van der Waals surface area contributed by atoms with Gasteiger partial charge in [0.05, 0.1) is 9.92 Å². The number of amides is 1. The van der Waals surface area contributed by atoms with Crippen LogP contribution in [-0.4, -0.2) is 28.0 Å². The molecule has 2 rings (SSSR count). The van der Waals surface area contributed by atoms with E-state index in [0.29, 0.717) is 0 Å². The summed E-state index contributed by atoms with van der Waals surface area (Å²) in [6.07, 6.45) is 0. The summed E-state index contributed by atoms with van der Waals surface area (Å²) in [5.41, 5.74) is 0.215. The van der Waals surface area contributed by atoms with Gasteiger partial charge in [-0.3, -0.25) is 9.52 Å². The standard InChI is InChI=1S/C15H14ClFN2O4S/c1-18-15(20)9-23-14-7-6-12(8-13(14)16)24(21,22)19-11-4-2-10(17)3-5-11/h2-8,19H,9H2,1H3,(H,18,20). The van der Waals surface area contributed by atoms with Crippen molar-refractivity contribution < 1.29 is 22.3 Å². The van der Waals surface area contributed by atoms with Crippen LogP contribution < -0.4 is 14.8 Å². The molecule has 24 heavy (non-hydrogen) atoms. The summed E-state index contributed by atoms with van der Waals surface area (Å²) in [4.78, 5) is 11.0. The second kappa shape index (κ2) is 7.50. The number of likely N-dealkylation sites (N-methyl/N-ethyl adjacent to an activating group) is 1. The minimum Gasteiger partial charge on any atom is -0.482 e. The van der Waals surface area contributed by atoms with Crippen LogP contribution >= 0.6 is 11.6 Å². The summed E-state index contributed by atoms with van der Waals surface area (Å²) in [5, 5.41) is 2.42. The van der Waals surface area contributed by atoms with Gasteiger partial charge in [0.1, 0.15) is 11.6 Å². The molecule has 0 radical (unpaired) electrons. The van der Waals surface area contributed by atoms with Crippen LogP contribution in [0.1, 0.15) is 0 Å². The highest BCUT2D eigenvalue weighted by atomic mass is 35.5. The van der Waals surface area contributed by atoms with Crippen LogP contribution in [0.3, 0.4) is 0 Å². The van der Waals surface area contributed by atoms with Gasteiger partial charge < -0.3 is 10.1 Å². The van der Waals surface area contributed by atoms with Crippen LogP contribution in [0.25, 0.3) is 0 Å². The summed E-state index contributed by atoms with van der Waals surface area (Å²) in [6, 6.07) is 8.72. The summed E-state index contributed by atoms with van der Waals surface area (Å²) < 4.78 is 44.9. The minimum atomic E-state index is -3.89. The van der Waals surface area contributed by atoms with Crippen molar-refractivity contribution in [3.63, 3.8) is 0 Å². The third-order valence-electron chi connectivity index (χ3n) is 2.95. The smallest absolute Gasteiger partial charge is 0.261 e. The average Bonchev–Trinajstić information content (AvgIpc) is 2.55. The van der Waals surface area contributed by atoms with Crippen molar-refractivity contribution in [2.45, 2.75) is 4.90 Å². The Morgan fingerprint density at radius 3 is 2.46 bits per heavy atom. The van der Waals surface area contributed by atoms with E-state index in [-0.39, 0.29) is 33.9 Å². The molecule has 0 aromatic heterocycles. The first-order valence-electron chi connectivity index (χ1n) is 6.73. The normalized spacial score (nSPS) is 11.0. The summed E-state index contributed by atoms with van der Waals surface area (Å²) in [7, 11) is -2.43. The highest BCUT2D eigenvalue weighted by Gasteiger charge is 2.17. The fourth-order valence-electron chi connectivity index (χ4n) is 1.71. The third kappa shape index (κ3) is 4.59. The van der Waals surface area contributed by atoms with Gasteiger partial charge in [-0.1, -0.05) is 11.6 Å². The van der Waals surface area contributed by atoms with Crippen molar-refractivity contribution in [3.05, 3.63) is 53.3 Å². The summed E-state index contributed by atoms with van der Waals surface area (Å²) >= 11 is 5.99. The number of benzene rings is 2. The predicted octanol–water partition coefficient (Wildman–Crippen LogP) is 2.40. The number of rotatable bonds is 6. The molecule has 0 aliphatic heterocycles. The highest BCUT2D eigenvalue weighted by molar-refractivity contribution is 7.92. The number of carbonyl (C=O) groups is 1. The zero-order chi connectivity index (χ0) is 17.7. The van der Waals surface area contributed by atoms with E-state index in [1.54, 1.807) is 0 Å². The molecular formula is C15H14ClFN2O4S. The molecule has 128 valence electrons. The highest BCUT2D eigenvalue weighted by Crippen LogP contribution is 2.28. The number of hydrogen-bond acceptors (Lipinski definition) is 4. The first-order chi connectivity index (χ1) is 11.3. The molecule has 0 heterocycles. The average molecular weight is 373 g/mol. The Morgan fingerprint density at radius 1 is 1.21 bits per heavy atom. The Bertz CT molecular complexity index is 841. The van der Waals surface area contributed by atoms with Crippen LogP contribution in [0.5, 0.6) is 5.75 Å². The van der Waals surface area contributed by atoms with Crippen molar-refractivity contribution in [2.24, 2.45) is 0 Å². The van der Waals surface area contributed by atoms with E-state index >= 15 is 0 Å². The van der Waals surface area contributed by atoms with Crippen molar-refractivity contribution >= 4 is 33.2 Å². The number of halogens is 2. The Labute approximate surface area is 143 Å². The van der Waals surface area contributed by atoms with Gasteiger partial charge in [-0.25, -0.2) is 12.8 Å². The number of carbonyl (C=O) groups excluding carboxylic acids is 1. The molecule has 0 bridgehead atoms. The van der Waals surface area contributed by atoms with E-state index < -0.39 is 15.8 Å². The second-order valence-electron chi connectivity index (χ2n) is 4.67. The molecule has 0 saturated carbocycles. The molecule has 0 aliphatic rings. The predicted molar refractivity (Wildman–Crippen MR) is 88.2 cm³/mol. The molecular weight excluding hydrogens is 359 g/mol. The minimum absolute atomic E-state index is 0.0425. The van der Waals surface area contributed by atoms with Crippen LogP contribution in [0.2, 0.25) is 5.02 Å². The monoisotopic (exact) mass is 372 g/mol. The SMILES string of the molecule is CNC(=O)COc1ccc(S(=O)(=O)Nc2ccc(F)cc2)cc1Cl. The zero-order valence-corrected chi connectivity index (χ0v) is 14.1. The van der Waals surface area contributed by atoms with E-state index in [2.05, 4.69) is 10.0 Å². The fourth-order valence-corrected chi connectivity index (χ4v) is 3.10. The lowest BCUT2D eigenvalue weighted by Crippen LogP contribution is -2.24. The van der Waals surface area contributed by atoms with Gasteiger partial charge in [0, 0.05) is 12.7 Å². The number of sulfonamides is 1. The maximum absolute atomic E-state index is 12.9. The Balaban J connectivity index is 2.17. The molecule has 1 amide bonds. The molecule has 2 N–H and O–H groups in total. The van der Waals surface area contributed by atoms with E-state index in [1.807, 2.05) is 0 Å². The molecule has 0 aliphatic carbocycles. The fraction of sp³-hybridized carbons (Fsp3) is 0.133. The van der Waals surface area contributed by atoms with Crippen molar-refractivity contribution in [3.8, 4) is 5.75 Å². The van der Waals surface area contributed by atoms with Crippen molar-refractivity contribution in [2.75, 3.05) is 18.4 Å². The molecule has 2 aromatic carbocycles. The summed E-state index contributed by atoms with van der Waals surface area (Å²) in [6.45, 7) is -0.240. The maximum atomic E-state index is 12.9. The van der Waals surface area contributed by atoms with Crippen molar-refractivity contribution in [1.29, 1.82) is 0 Å². The van der Waals surface area contributed by atoms with Gasteiger partial charge in [0.25, 0.3) is 15.9 Å². The largest absolute Gasteiger partial charge is 0.482 e. The van der Waals surface area contributed by atoms with Crippen molar-refractivity contribution in [1.82, 2.24) is 5.32 Å². The van der Waals surface area contributed by atoms with Gasteiger partial charge in [-0.05, 0) is 42.5 Å². The summed E-state index contributed by atoms with van der Waals surface area (Å²) in [5.74, 6) is -0.639. The topological polar surface area (TPSA) is 84.5 Å². The quantitative estimate of drug-likeness (QED) is 0.815. The first kappa shape index (κ1) is 18.0. The molecule has 0 saturated heterocycles. The Hall–Kier alpha value is -2.32. The molecule has 6 nitrogen and oxygen atoms in total. The second-order valence-corrected chi connectivity index (χ2v) is 6.76. The van der Waals surface area contributed by atoms with Gasteiger partial charge >= 0.3 is 0 Å². The zero-order valence-electron chi connectivity index (χ0n) is 12.5. The van der Waals surface area contributed by atoms with Gasteiger partial charge in [0.15, 0.2) is 6.61 Å². The van der Waals surface area contributed by atoms with Crippen LogP contribution in [-0.2, 0) is 14.8 Å². The van der Waals surface area contributed by atoms with Crippen LogP contribution in [0.4, 0.5) is 10.1 Å². The molecule has 0 unspecified atom stereocenters. The molecule has 9 heteroatoms. The maximum Gasteiger partial charge on any atom is 0.261 e. The number of nitrogens with one attached hydrogen (secondary N) is 2. The first-order valence-corrected chi connectivity index (χ1v) is 8.59. The van der Waals surface area contributed by atoms with Crippen LogP contribution in [0, 0.1) is 5.82 Å².